The van der Waals surface area contributed by atoms with Crippen molar-refractivity contribution >= 4 is 16.9 Å². The smallest absolute Gasteiger partial charge is 0.335 e. The molecule has 2 aromatic carbocycles. The Balaban J connectivity index is 1.60. The molecule has 0 saturated carbocycles. The van der Waals surface area contributed by atoms with Crippen molar-refractivity contribution in [2.24, 2.45) is 0 Å². The van der Waals surface area contributed by atoms with E-state index in [2.05, 4.69) is 10.3 Å². The van der Waals surface area contributed by atoms with Crippen molar-refractivity contribution < 1.29 is 20.1 Å². The number of phenolic OH excluding ortho intramolecular Hbond substituents is 1. The molecule has 0 aliphatic rings. The number of pyridine rings is 1. The first-order chi connectivity index (χ1) is 13.0. The highest BCUT2D eigenvalue weighted by Crippen LogP contribution is 2.28. The summed E-state index contributed by atoms with van der Waals surface area (Å²) < 4.78 is 0. The van der Waals surface area contributed by atoms with Gasteiger partial charge in [0.2, 0.25) is 5.56 Å². The number of aliphatic hydroxyl groups excluding tert-OH is 1. The largest absolute Gasteiger partial charge is 0.506 e. The van der Waals surface area contributed by atoms with Crippen LogP contribution in [-0.4, -0.2) is 39.4 Å². The number of hydrogen-bond donors (Lipinski definition) is 5. The Kier molecular flexibility index (Phi) is 5.54. The van der Waals surface area contributed by atoms with Crippen LogP contribution in [0.4, 0.5) is 0 Å². The first kappa shape index (κ1) is 18.6. The minimum Gasteiger partial charge on any atom is -0.506 e. The SMILES string of the molecule is O=C(O)c1ccc(CCNC[C@@H](O)c2ccc(O)c3[nH]c(=O)ccc23)cc1. The third-order valence-corrected chi connectivity index (χ3v) is 4.39. The molecular formula is C20H20N2O5. The van der Waals surface area contributed by atoms with E-state index in [0.717, 1.165) is 5.56 Å². The van der Waals surface area contributed by atoms with Gasteiger partial charge in [0.25, 0.3) is 0 Å². The summed E-state index contributed by atoms with van der Waals surface area (Å²) in [5.74, 6) is -0.998. The number of aromatic amines is 1. The lowest BCUT2D eigenvalue weighted by atomic mass is 10.0. The minimum absolute atomic E-state index is 0.0450. The number of carboxylic acid groups (broad SMARTS) is 1. The van der Waals surface area contributed by atoms with E-state index in [1.165, 1.54) is 12.1 Å². The predicted molar refractivity (Wildman–Crippen MR) is 101 cm³/mol. The van der Waals surface area contributed by atoms with Crippen LogP contribution in [-0.2, 0) is 6.42 Å². The Morgan fingerprint density at radius 1 is 1.07 bits per heavy atom. The Bertz CT molecular complexity index is 1010. The van der Waals surface area contributed by atoms with Gasteiger partial charge in [-0.2, -0.15) is 0 Å². The zero-order valence-electron chi connectivity index (χ0n) is 14.5. The first-order valence-corrected chi connectivity index (χ1v) is 8.51. The maximum Gasteiger partial charge on any atom is 0.335 e. The van der Waals surface area contributed by atoms with Crippen LogP contribution in [0.1, 0.15) is 27.6 Å². The molecule has 3 aromatic rings. The average Bonchev–Trinajstić information content (AvgIpc) is 2.66. The number of H-pyrrole nitrogens is 1. The molecule has 0 fully saturated rings. The molecule has 0 saturated heterocycles. The second-order valence-electron chi connectivity index (χ2n) is 6.26. The molecule has 1 heterocycles. The highest BCUT2D eigenvalue weighted by molar-refractivity contribution is 5.88. The molecule has 0 aliphatic carbocycles. The Morgan fingerprint density at radius 3 is 2.52 bits per heavy atom. The molecular weight excluding hydrogens is 348 g/mol. The van der Waals surface area contributed by atoms with Crippen molar-refractivity contribution in [1.29, 1.82) is 0 Å². The Morgan fingerprint density at radius 2 is 1.81 bits per heavy atom. The summed E-state index contributed by atoms with van der Waals surface area (Å²) in [6.07, 6.45) is -0.121. The molecule has 0 unspecified atom stereocenters. The summed E-state index contributed by atoms with van der Waals surface area (Å²) >= 11 is 0. The van der Waals surface area contributed by atoms with Gasteiger partial charge in [-0.15, -0.1) is 0 Å². The van der Waals surface area contributed by atoms with Crippen molar-refractivity contribution in [1.82, 2.24) is 10.3 Å². The molecule has 0 bridgehead atoms. The Labute approximate surface area is 154 Å². The molecule has 0 aliphatic heterocycles. The van der Waals surface area contributed by atoms with Gasteiger partial charge in [-0.1, -0.05) is 18.2 Å². The molecule has 140 valence electrons. The van der Waals surface area contributed by atoms with E-state index < -0.39 is 12.1 Å². The number of aliphatic hydroxyl groups is 1. The zero-order chi connectivity index (χ0) is 19.4. The lowest BCUT2D eigenvalue weighted by Crippen LogP contribution is -2.24. The van der Waals surface area contributed by atoms with E-state index in [9.17, 15) is 19.8 Å². The maximum absolute atomic E-state index is 11.4. The number of aromatic carboxylic acids is 1. The van der Waals surface area contributed by atoms with E-state index in [1.807, 2.05) is 0 Å². The summed E-state index contributed by atoms with van der Waals surface area (Å²) in [7, 11) is 0. The highest BCUT2D eigenvalue weighted by Gasteiger charge is 2.13. The first-order valence-electron chi connectivity index (χ1n) is 8.51. The molecule has 0 spiro atoms. The normalized spacial score (nSPS) is 12.2. The number of hydrogen-bond acceptors (Lipinski definition) is 5. The summed E-state index contributed by atoms with van der Waals surface area (Å²) in [4.78, 5) is 24.9. The summed E-state index contributed by atoms with van der Waals surface area (Å²) in [6.45, 7) is 0.905. The van der Waals surface area contributed by atoms with Crippen LogP contribution in [0.25, 0.3) is 10.9 Å². The number of phenols is 1. The van der Waals surface area contributed by atoms with Crippen LogP contribution in [0, 0.1) is 0 Å². The number of benzene rings is 2. The fourth-order valence-electron chi connectivity index (χ4n) is 2.94. The van der Waals surface area contributed by atoms with Gasteiger partial charge in [0.15, 0.2) is 0 Å². The number of aromatic hydroxyl groups is 1. The van der Waals surface area contributed by atoms with Crippen molar-refractivity contribution in [3.63, 3.8) is 0 Å². The van der Waals surface area contributed by atoms with Crippen molar-refractivity contribution in [2.75, 3.05) is 13.1 Å². The lowest BCUT2D eigenvalue weighted by Gasteiger charge is -2.15. The number of carbonyl (C=O) groups is 1. The van der Waals surface area contributed by atoms with Crippen LogP contribution in [0.2, 0.25) is 0 Å². The van der Waals surface area contributed by atoms with Crippen LogP contribution < -0.4 is 10.9 Å². The van der Waals surface area contributed by atoms with Gasteiger partial charge < -0.3 is 25.6 Å². The fourth-order valence-corrected chi connectivity index (χ4v) is 2.94. The topological polar surface area (TPSA) is 123 Å². The van der Waals surface area contributed by atoms with Crippen LogP contribution in [0.5, 0.6) is 5.75 Å². The second-order valence-corrected chi connectivity index (χ2v) is 6.26. The third kappa shape index (κ3) is 4.33. The van der Waals surface area contributed by atoms with Crippen molar-refractivity contribution in [3.8, 4) is 5.75 Å². The van der Waals surface area contributed by atoms with Crippen molar-refractivity contribution in [3.05, 3.63) is 75.6 Å². The number of nitrogens with one attached hydrogen (secondary N) is 2. The van der Waals surface area contributed by atoms with Crippen molar-refractivity contribution in [2.45, 2.75) is 12.5 Å². The molecule has 5 N–H and O–H groups in total. The molecule has 3 rings (SSSR count). The van der Waals surface area contributed by atoms with E-state index >= 15 is 0 Å². The lowest BCUT2D eigenvalue weighted by molar-refractivity contribution is 0.0697. The molecule has 7 nitrogen and oxygen atoms in total. The van der Waals surface area contributed by atoms with Gasteiger partial charge in [0.1, 0.15) is 5.75 Å². The molecule has 1 atom stereocenters. The van der Waals surface area contributed by atoms with Gasteiger partial charge in [-0.3, -0.25) is 4.79 Å². The highest BCUT2D eigenvalue weighted by atomic mass is 16.4. The van der Waals surface area contributed by atoms with Gasteiger partial charge in [-0.05, 0) is 48.4 Å². The predicted octanol–water partition coefficient (Wildman–Crippen LogP) is 1.80. The number of aromatic nitrogens is 1. The van der Waals surface area contributed by atoms with E-state index in [0.29, 0.717) is 36.0 Å². The second kappa shape index (κ2) is 8.03. The van der Waals surface area contributed by atoms with Gasteiger partial charge in [-0.25, -0.2) is 4.79 Å². The molecule has 1 aromatic heterocycles. The van der Waals surface area contributed by atoms with Crippen LogP contribution >= 0.6 is 0 Å². The number of rotatable bonds is 7. The summed E-state index contributed by atoms with van der Waals surface area (Å²) in [5, 5.41) is 33.0. The minimum atomic E-state index is -0.953. The van der Waals surface area contributed by atoms with Gasteiger partial charge >= 0.3 is 5.97 Å². The Hall–Kier alpha value is -3.16. The fraction of sp³-hybridized carbons (Fsp3) is 0.200. The van der Waals surface area contributed by atoms with E-state index in [4.69, 9.17) is 5.11 Å². The molecule has 0 amide bonds. The zero-order valence-corrected chi connectivity index (χ0v) is 14.5. The molecule has 0 radical (unpaired) electrons. The van der Waals surface area contributed by atoms with E-state index in [-0.39, 0.29) is 16.9 Å². The van der Waals surface area contributed by atoms with Gasteiger partial charge in [0.05, 0.1) is 17.2 Å². The number of fused-ring (bicyclic) bond motifs is 1. The van der Waals surface area contributed by atoms with Crippen LogP contribution in [0.15, 0.2) is 53.3 Å². The van der Waals surface area contributed by atoms with Crippen LogP contribution in [0.3, 0.4) is 0 Å². The monoisotopic (exact) mass is 368 g/mol. The standard InChI is InChI=1S/C20H20N2O5/c23-16-7-5-14(15-6-8-18(25)22-19(15)16)17(24)11-21-10-9-12-1-3-13(4-2-12)20(26)27/h1-8,17,21,23-24H,9-11H2,(H,22,25)(H,26,27)/t17-/m1/s1. The third-order valence-electron chi connectivity index (χ3n) is 4.39. The van der Waals surface area contributed by atoms with E-state index in [1.54, 1.807) is 36.4 Å². The van der Waals surface area contributed by atoms with Gasteiger partial charge in [0, 0.05) is 18.0 Å². The molecule has 7 heteroatoms. The average molecular weight is 368 g/mol. The summed E-state index contributed by atoms with van der Waals surface area (Å²) in [6, 6.07) is 12.7. The quantitative estimate of drug-likeness (QED) is 0.405. The maximum atomic E-state index is 11.4. The number of carboxylic acids is 1. The summed E-state index contributed by atoms with van der Waals surface area (Å²) in [5.41, 5.74) is 1.83. The molecule has 27 heavy (non-hydrogen) atoms.